The second-order valence-corrected chi connectivity index (χ2v) is 7.29. The van der Waals surface area contributed by atoms with Crippen LogP contribution in [-0.2, 0) is 4.79 Å². The van der Waals surface area contributed by atoms with Crippen LogP contribution < -0.4 is 5.32 Å². The number of carbonyl (C=O) groups is 2. The maximum Gasteiger partial charge on any atom is 0.253 e. The van der Waals surface area contributed by atoms with Gasteiger partial charge in [-0.3, -0.25) is 9.59 Å². The van der Waals surface area contributed by atoms with Crippen LogP contribution >= 0.6 is 0 Å². The van der Waals surface area contributed by atoms with E-state index in [1.54, 1.807) is 4.90 Å². The average molecular weight is 346 g/mol. The number of benzene rings is 1. The summed E-state index contributed by atoms with van der Waals surface area (Å²) in [5.74, 6) is -0.521. The molecule has 1 aliphatic heterocycles. The van der Waals surface area contributed by atoms with Crippen molar-refractivity contribution in [2.24, 2.45) is 5.92 Å². The molecule has 1 saturated carbocycles. The highest BCUT2D eigenvalue weighted by Gasteiger charge is 2.30. The van der Waals surface area contributed by atoms with E-state index in [2.05, 4.69) is 5.32 Å². The zero-order valence-electron chi connectivity index (χ0n) is 14.7. The minimum atomic E-state index is -0.351. The molecule has 1 atom stereocenters. The summed E-state index contributed by atoms with van der Waals surface area (Å²) < 4.78 is 13.0. The number of hydrogen-bond donors (Lipinski definition) is 1. The van der Waals surface area contributed by atoms with E-state index in [0.29, 0.717) is 18.7 Å². The molecule has 1 aromatic rings. The van der Waals surface area contributed by atoms with Gasteiger partial charge in [0.2, 0.25) is 5.91 Å². The molecule has 0 bridgehead atoms. The number of nitrogens with zero attached hydrogens (tertiary/aromatic N) is 1. The summed E-state index contributed by atoms with van der Waals surface area (Å²) in [7, 11) is 0. The third-order valence-electron chi connectivity index (χ3n) is 5.37. The molecule has 0 radical (unpaired) electrons. The molecule has 5 heteroatoms. The number of hydrogen-bond acceptors (Lipinski definition) is 2. The minimum Gasteiger partial charge on any atom is -0.353 e. The van der Waals surface area contributed by atoms with Crippen LogP contribution in [0.5, 0.6) is 0 Å². The Hall–Kier alpha value is -1.91. The van der Waals surface area contributed by atoms with Crippen LogP contribution in [-0.4, -0.2) is 35.8 Å². The van der Waals surface area contributed by atoms with Crippen molar-refractivity contribution in [3.63, 3.8) is 0 Å². The highest BCUT2D eigenvalue weighted by molar-refractivity contribution is 5.94. The smallest absolute Gasteiger partial charge is 0.253 e. The van der Waals surface area contributed by atoms with Crippen molar-refractivity contribution in [3.05, 3.63) is 35.6 Å². The zero-order chi connectivity index (χ0) is 17.6. The van der Waals surface area contributed by atoms with Gasteiger partial charge >= 0.3 is 0 Å². The lowest BCUT2D eigenvalue weighted by molar-refractivity contribution is -0.127. The first-order valence-corrected chi connectivity index (χ1v) is 9.49. The molecule has 4 nitrogen and oxygen atoms in total. The summed E-state index contributed by atoms with van der Waals surface area (Å²) in [5, 5.41) is 3.21. The third-order valence-corrected chi connectivity index (χ3v) is 5.37. The summed E-state index contributed by atoms with van der Waals surface area (Å²) in [6, 6.07) is 5.90. The van der Waals surface area contributed by atoms with Crippen molar-refractivity contribution in [2.75, 3.05) is 13.1 Å². The molecule has 0 spiro atoms. The molecule has 3 rings (SSSR count). The SMILES string of the molecule is O=C(NC1CCCCCC1)C1CCCN(C(=O)c2ccc(F)cc2)C1. The number of nitrogens with one attached hydrogen (secondary N) is 1. The van der Waals surface area contributed by atoms with Crippen LogP contribution in [0.15, 0.2) is 24.3 Å². The Morgan fingerprint density at radius 1 is 0.960 bits per heavy atom. The second kappa shape index (κ2) is 8.45. The van der Waals surface area contributed by atoms with Gasteiger partial charge in [-0.05, 0) is 49.9 Å². The zero-order valence-corrected chi connectivity index (χ0v) is 14.7. The Morgan fingerprint density at radius 2 is 1.64 bits per heavy atom. The third kappa shape index (κ3) is 4.80. The molecule has 2 amide bonds. The van der Waals surface area contributed by atoms with Crippen LogP contribution in [0, 0.1) is 11.7 Å². The molecule has 1 heterocycles. The molecule has 25 heavy (non-hydrogen) atoms. The van der Waals surface area contributed by atoms with E-state index in [1.165, 1.54) is 49.9 Å². The summed E-state index contributed by atoms with van der Waals surface area (Å²) in [4.78, 5) is 26.9. The maximum atomic E-state index is 13.0. The van der Waals surface area contributed by atoms with Crippen molar-refractivity contribution in [1.82, 2.24) is 10.2 Å². The number of likely N-dealkylation sites (tertiary alicyclic amines) is 1. The number of piperidine rings is 1. The average Bonchev–Trinajstić information content (AvgIpc) is 2.90. The summed E-state index contributed by atoms with van der Waals surface area (Å²) >= 11 is 0. The standard InChI is InChI=1S/C20H27FN2O2/c21-17-11-9-15(10-12-17)20(25)23-13-5-6-16(14-23)19(24)22-18-7-3-1-2-4-8-18/h9-12,16,18H,1-8,13-14H2,(H,22,24). The minimum absolute atomic E-state index is 0.0866. The molecule has 0 aromatic heterocycles. The highest BCUT2D eigenvalue weighted by Crippen LogP contribution is 2.21. The van der Waals surface area contributed by atoms with Crippen molar-refractivity contribution < 1.29 is 14.0 Å². The van der Waals surface area contributed by atoms with Gasteiger partial charge in [0.05, 0.1) is 5.92 Å². The van der Waals surface area contributed by atoms with E-state index >= 15 is 0 Å². The van der Waals surface area contributed by atoms with Gasteiger partial charge in [-0.25, -0.2) is 4.39 Å². The van der Waals surface area contributed by atoms with Crippen molar-refractivity contribution in [3.8, 4) is 0 Å². The summed E-state index contributed by atoms with van der Waals surface area (Å²) in [5.41, 5.74) is 0.478. The van der Waals surface area contributed by atoms with E-state index in [9.17, 15) is 14.0 Å². The fraction of sp³-hybridized carbons (Fsp3) is 0.600. The van der Waals surface area contributed by atoms with Gasteiger partial charge in [0.1, 0.15) is 5.82 Å². The normalized spacial score (nSPS) is 22.3. The molecular weight excluding hydrogens is 319 g/mol. The Bertz CT molecular complexity index is 594. The number of carbonyl (C=O) groups excluding carboxylic acids is 2. The van der Waals surface area contributed by atoms with Crippen LogP contribution in [0.3, 0.4) is 0 Å². The predicted molar refractivity (Wildman–Crippen MR) is 94.7 cm³/mol. The Labute approximate surface area is 148 Å². The van der Waals surface area contributed by atoms with Gasteiger partial charge in [-0.1, -0.05) is 25.7 Å². The predicted octanol–water partition coefficient (Wildman–Crippen LogP) is 3.52. The Kier molecular flexibility index (Phi) is 6.05. The lowest BCUT2D eigenvalue weighted by Gasteiger charge is -2.33. The lowest BCUT2D eigenvalue weighted by Crippen LogP contribution is -2.47. The summed E-state index contributed by atoms with van der Waals surface area (Å²) in [6.07, 6.45) is 8.68. The van der Waals surface area contributed by atoms with E-state index < -0.39 is 0 Å². The Balaban J connectivity index is 1.57. The van der Waals surface area contributed by atoms with Gasteiger partial charge in [0.15, 0.2) is 0 Å². The highest BCUT2D eigenvalue weighted by atomic mass is 19.1. The monoisotopic (exact) mass is 346 g/mol. The van der Waals surface area contributed by atoms with E-state index in [-0.39, 0.29) is 29.6 Å². The van der Waals surface area contributed by atoms with E-state index in [4.69, 9.17) is 0 Å². The first-order valence-electron chi connectivity index (χ1n) is 9.49. The van der Waals surface area contributed by atoms with Gasteiger partial charge in [-0.2, -0.15) is 0 Å². The number of halogens is 1. The molecule has 1 aromatic carbocycles. The topological polar surface area (TPSA) is 49.4 Å². The van der Waals surface area contributed by atoms with Crippen LogP contribution in [0.2, 0.25) is 0 Å². The molecular formula is C20H27FN2O2. The van der Waals surface area contributed by atoms with Gasteiger partial charge < -0.3 is 10.2 Å². The summed E-state index contributed by atoms with van der Waals surface area (Å²) in [6.45, 7) is 1.11. The first-order chi connectivity index (χ1) is 12.1. The molecule has 1 unspecified atom stereocenters. The van der Waals surface area contributed by atoms with Gasteiger partial charge in [0.25, 0.3) is 5.91 Å². The molecule has 2 aliphatic rings. The fourth-order valence-electron chi connectivity index (χ4n) is 3.89. The second-order valence-electron chi connectivity index (χ2n) is 7.29. The lowest BCUT2D eigenvalue weighted by atomic mass is 9.95. The number of rotatable bonds is 3. The van der Waals surface area contributed by atoms with Crippen molar-refractivity contribution >= 4 is 11.8 Å². The molecule has 1 saturated heterocycles. The largest absolute Gasteiger partial charge is 0.353 e. The maximum absolute atomic E-state index is 13.0. The van der Waals surface area contributed by atoms with Crippen molar-refractivity contribution in [1.29, 1.82) is 0 Å². The van der Waals surface area contributed by atoms with Gasteiger partial charge in [-0.15, -0.1) is 0 Å². The van der Waals surface area contributed by atoms with E-state index in [0.717, 1.165) is 25.7 Å². The van der Waals surface area contributed by atoms with Crippen molar-refractivity contribution in [2.45, 2.75) is 57.4 Å². The van der Waals surface area contributed by atoms with Crippen LogP contribution in [0.4, 0.5) is 4.39 Å². The first kappa shape index (κ1) is 17.9. The Morgan fingerprint density at radius 3 is 2.32 bits per heavy atom. The van der Waals surface area contributed by atoms with E-state index in [1.807, 2.05) is 0 Å². The van der Waals surface area contributed by atoms with Gasteiger partial charge in [0, 0.05) is 24.7 Å². The molecule has 2 fully saturated rings. The molecule has 1 aliphatic carbocycles. The quantitative estimate of drug-likeness (QED) is 0.852. The van der Waals surface area contributed by atoms with Crippen LogP contribution in [0.1, 0.15) is 61.7 Å². The fourth-order valence-corrected chi connectivity index (χ4v) is 3.89. The molecule has 136 valence electrons. The van der Waals surface area contributed by atoms with Crippen LogP contribution in [0.25, 0.3) is 0 Å². The molecule has 1 N–H and O–H groups in total. The number of amides is 2.